The minimum absolute atomic E-state index is 0.335. The summed E-state index contributed by atoms with van der Waals surface area (Å²) in [5, 5.41) is 0. The van der Waals surface area contributed by atoms with Gasteiger partial charge in [0.05, 0.1) is 0 Å². The third-order valence-electron chi connectivity index (χ3n) is 6.90. The van der Waals surface area contributed by atoms with Crippen LogP contribution in [0.3, 0.4) is 0 Å². The van der Waals surface area contributed by atoms with E-state index in [0.717, 1.165) is 39.0 Å². The number of fused-ring (bicyclic) bond motifs is 2. The van der Waals surface area contributed by atoms with E-state index in [-0.39, 0.29) is 0 Å². The Morgan fingerprint density at radius 2 is 1.38 bits per heavy atom. The monoisotopic (exact) mass is 645 g/mol. The summed E-state index contributed by atoms with van der Waals surface area (Å²) in [7, 11) is 0. The molecule has 0 N–H and O–H groups in total. The number of para-hydroxylation sites is 2. The molecule has 6 heteroatoms. The van der Waals surface area contributed by atoms with Crippen LogP contribution in [-0.4, -0.2) is 36.0 Å². The van der Waals surface area contributed by atoms with E-state index < -0.39 is 0 Å². The Bertz CT molecular complexity index is 1590. The van der Waals surface area contributed by atoms with Gasteiger partial charge in [-0.2, -0.15) is 0 Å². The van der Waals surface area contributed by atoms with Gasteiger partial charge in [0.2, 0.25) is 0 Å². The Morgan fingerprint density at radius 1 is 0.692 bits per heavy atom. The van der Waals surface area contributed by atoms with Gasteiger partial charge < -0.3 is 0 Å². The molecule has 194 valence electrons. The molecule has 3 aromatic heterocycles. The first-order chi connectivity index (χ1) is 19.3. The molecule has 2 aromatic carbocycles. The Balaban J connectivity index is 1.20. The number of pyridine rings is 2. The normalized spacial score (nSPS) is 14.1. The van der Waals surface area contributed by atoms with Crippen molar-refractivity contribution in [2.75, 3.05) is 11.4 Å². The number of hydrogen-bond acceptors (Lipinski definition) is 1. The SMILES string of the molecule is C(/C=C/c1[se]c2ccccc2[n+]1CCC[n+]1ccccc1)=C1/[Se]c2ccccc2N1CCC[n+]1ccccc1. The van der Waals surface area contributed by atoms with Gasteiger partial charge in [-0.25, -0.2) is 0 Å². The Labute approximate surface area is 243 Å². The summed E-state index contributed by atoms with van der Waals surface area (Å²) < 4.78 is 13.0. The molecule has 0 saturated carbocycles. The third kappa shape index (κ3) is 6.32. The summed E-state index contributed by atoms with van der Waals surface area (Å²) in [6.07, 6.45) is 17.9. The van der Waals surface area contributed by atoms with Gasteiger partial charge in [-0.1, -0.05) is 0 Å². The van der Waals surface area contributed by atoms with Crippen molar-refractivity contribution >= 4 is 55.5 Å². The molecule has 5 aromatic rings. The van der Waals surface area contributed by atoms with E-state index in [2.05, 4.69) is 147 Å². The Morgan fingerprint density at radius 3 is 2.18 bits per heavy atom. The van der Waals surface area contributed by atoms with Crippen LogP contribution >= 0.6 is 0 Å². The van der Waals surface area contributed by atoms with Crippen LogP contribution in [0.25, 0.3) is 15.9 Å². The number of benzene rings is 2. The second-order valence-corrected chi connectivity index (χ2v) is 14.0. The third-order valence-corrected chi connectivity index (χ3v) is 11.6. The van der Waals surface area contributed by atoms with E-state index in [1.54, 1.807) is 0 Å². The number of anilines is 1. The zero-order chi connectivity index (χ0) is 26.3. The van der Waals surface area contributed by atoms with Crippen LogP contribution in [0.2, 0.25) is 0 Å². The minimum atomic E-state index is 0.335. The number of aromatic nitrogens is 3. The van der Waals surface area contributed by atoms with Gasteiger partial charge in [0.1, 0.15) is 0 Å². The van der Waals surface area contributed by atoms with Crippen molar-refractivity contribution in [3.8, 4) is 0 Å². The van der Waals surface area contributed by atoms with E-state index in [1.807, 2.05) is 0 Å². The summed E-state index contributed by atoms with van der Waals surface area (Å²) in [5.41, 5.74) is 2.78. The van der Waals surface area contributed by atoms with Crippen LogP contribution < -0.4 is 23.1 Å². The predicted molar refractivity (Wildman–Crippen MR) is 160 cm³/mol. The van der Waals surface area contributed by atoms with Gasteiger partial charge in [-0.15, -0.1) is 0 Å². The Kier molecular flexibility index (Phi) is 8.47. The van der Waals surface area contributed by atoms with Crippen molar-refractivity contribution in [3.05, 3.63) is 131 Å². The molecule has 0 bridgehead atoms. The van der Waals surface area contributed by atoms with Crippen LogP contribution in [0.1, 0.15) is 17.4 Å². The van der Waals surface area contributed by atoms with Crippen molar-refractivity contribution in [1.82, 2.24) is 0 Å². The molecule has 0 aliphatic carbocycles. The first-order valence-corrected chi connectivity index (χ1v) is 17.0. The van der Waals surface area contributed by atoms with E-state index in [4.69, 9.17) is 0 Å². The van der Waals surface area contributed by atoms with E-state index >= 15 is 0 Å². The summed E-state index contributed by atoms with van der Waals surface area (Å²) in [6, 6.07) is 30.5. The molecule has 0 unspecified atom stereocenters. The first-order valence-electron chi connectivity index (χ1n) is 13.6. The number of nitrogens with zero attached hydrogens (tertiary/aromatic N) is 4. The van der Waals surface area contributed by atoms with Crippen LogP contribution in [0.5, 0.6) is 0 Å². The number of rotatable bonds is 10. The molecule has 6 rings (SSSR count). The van der Waals surface area contributed by atoms with E-state index in [1.165, 1.54) is 29.1 Å². The second-order valence-electron chi connectivity index (χ2n) is 9.58. The maximum atomic E-state index is 2.55. The van der Waals surface area contributed by atoms with E-state index in [0.29, 0.717) is 29.5 Å². The average molecular weight is 644 g/mol. The van der Waals surface area contributed by atoms with Crippen LogP contribution in [0.4, 0.5) is 5.69 Å². The second kappa shape index (κ2) is 12.7. The summed E-state index contributed by atoms with van der Waals surface area (Å²) in [6.45, 7) is 4.14. The zero-order valence-electron chi connectivity index (χ0n) is 22.0. The van der Waals surface area contributed by atoms with Crippen molar-refractivity contribution in [1.29, 1.82) is 0 Å². The molecule has 0 saturated heterocycles. The molecule has 4 heterocycles. The van der Waals surface area contributed by atoms with Crippen LogP contribution in [0.15, 0.2) is 126 Å². The fourth-order valence-corrected chi connectivity index (χ4v) is 9.64. The van der Waals surface area contributed by atoms with Gasteiger partial charge in [0, 0.05) is 0 Å². The molecule has 1 aliphatic rings. The van der Waals surface area contributed by atoms with Gasteiger partial charge in [0.15, 0.2) is 0 Å². The van der Waals surface area contributed by atoms with Gasteiger partial charge in [-0.05, 0) is 0 Å². The molecule has 0 radical (unpaired) electrons. The average Bonchev–Trinajstić information content (AvgIpc) is 3.52. The molecule has 39 heavy (non-hydrogen) atoms. The molecule has 0 amide bonds. The number of allylic oxidation sites excluding steroid dienone is 2. The maximum absolute atomic E-state index is 2.55. The van der Waals surface area contributed by atoms with Crippen molar-refractivity contribution < 1.29 is 13.7 Å². The quantitative estimate of drug-likeness (QED) is 0.168. The van der Waals surface area contributed by atoms with E-state index in [9.17, 15) is 0 Å². The summed E-state index contributed by atoms with van der Waals surface area (Å²) in [5.74, 6) is 0. The molecule has 0 spiro atoms. The van der Waals surface area contributed by atoms with Gasteiger partial charge in [-0.3, -0.25) is 0 Å². The number of aryl methyl sites for hydroxylation is 3. The van der Waals surface area contributed by atoms with Crippen molar-refractivity contribution in [2.45, 2.75) is 32.5 Å². The van der Waals surface area contributed by atoms with Crippen LogP contribution in [-0.2, 0) is 19.6 Å². The summed E-state index contributed by atoms with van der Waals surface area (Å²) in [4.78, 5) is 2.55. The van der Waals surface area contributed by atoms with Gasteiger partial charge in [0.25, 0.3) is 0 Å². The topological polar surface area (TPSA) is 14.9 Å². The fourth-order valence-electron chi connectivity index (χ4n) is 5.02. The molecule has 0 fully saturated rings. The summed E-state index contributed by atoms with van der Waals surface area (Å²) >= 11 is 0.670. The number of hydrogen-bond donors (Lipinski definition) is 0. The molecule has 0 atom stereocenters. The standard InChI is InChI=1S/C33H33N4Se2/c1-7-20-34(21-8-1)24-12-26-36-28-14-3-5-16-30(28)38-32(36)18-11-19-33-37(29-15-4-6-17-31(29)39-33)27-13-25-35-22-9-2-10-23-35/h1-11,14-23H,12-13,24-27H2/q+3. The molecular formula is C33H33N4Se2+3. The molecular weight excluding hydrogens is 610 g/mol. The molecule has 1 aliphatic heterocycles. The van der Waals surface area contributed by atoms with Crippen molar-refractivity contribution in [2.24, 2.45) is 0 Å². The van der Waals surface area contributed by atoms with Crippen molar-refractivity contribution in [3.63, 3.8) is 0 Å². The predicted octanol–water partition coefficient (Wildman–Crippen LogP) is 3.64. The zero-order valence-corrected chi connectivity index (χ0v) is 25.4. The Hall–Kier alpha value is -3.27. The first kappa shape index (κ1) is 26.0. The fraction of sp³-hybridized carbons (Fsp3) is 0.182. The van der Waals surface area contributed by atoms with Crippen LogP contribution in [0, 0.1) is 0 Å². The van der Waals surface area contributed by atoms with Gasteiger partial charge >= 0.3 is 244 Å². The molecule has 4 nitrogen and oxygen atoms in total.